The van der Waals surface area contributed by atoms with Crippen molar-refractivity contribution in [1.29, 1.82) is 0 Å². The van der Waals surface area contributed by atoms with Gasteiger partial charge in [-0.15, -0.1) is 0 Å². The van der Waals surface area contributed by atoms with Crippen molar-refractivity contribution in [3.63, 3.8) is 0 Å². The molecule has 0 aliphatic carbocycles. The Kier molecular flexibility index (Phi) is 4.66. The molecule has 3 aromatic rings. The van der Waals surface area contributed by atoms with Crippen LogP contribution in [-0.2, 0) is 18.0 Å². The molecule has 1 atom stereocenters. The molecule has 3 nitrogen and oxygen atoms in total. The second kappa shape index (κ2) is 7.41. The smallest absolute Gasteiger partial charge is 0.162 e. The van der Waals surface area contributed by atoms with Gasteiger partial charge in [0.05, 0.1) is 6.61 Å². The molecule has 0 N–H and O–H groups in total. The van der Waals surface area contributed by atoms with Crippen molar-refractivity contribution in [2.45, 2.75) is 19.3 Å². The van der Waals surface area contributed by atoms with E-state index < -0.39 is 0 Å². The third-order valence-electron chi connectivity index (χ3n) is 4.15. The lowest BCUT2D eigenvalue weighted by atomic mass is 10.1. The number of epoxide rings is 1. The van der Waals surface area contributed by atoms with Gasteiger partial charge < -0.3 is 14.2 Å². The second-order valence-electron chi connectivity index (χ2n) is 6.08. The number of rotatable bonds is 7. The monoisotopic (exact) mass is 332 g/mol. The van der Waals surface area contributed by atoms with Crippen LogP contribution in [0.2, 0.25) is 0 Å². The Hall–Kier alpha value is -2.78. The van der Waals surface area contributed by atoms with E-state index in [1.165, 1.54) is 0 Å². The van der Waals surface area contributed by atoms with E-state index in [-0.39, 0.29) is 6.10 Å². The molecule has 0 spiro atoms. The Balaban J connectivity index is 1.50. The highest BCUT2D eigenvalue weighted by atomic mass is 16.6. The SMILES string of the molecule is c1ccc(COc2ccc([C@@H]3CO3)cc2OCc2ccccc2)cc1. The zero-order valence-electron chi connectivity index (χ0n) is 13.9. The van der Waals surface area contributed by atoms with E-state index >= 15 is 0 Å². The molecule has 25 heavy (non-hydrogen) atoms. The molecular weight excluding hydrogens is 312 g/mol. The highest BCUT2D eigenvalue weighted by molar-refractivity contribution is 5.44. The highest BCUT2D eigenvalue weighted by Gasteiger charge is 2.26. The molecule has 4 rings (SSSR count). The number of hydrogen-bond donors (Lipinski definition) is 0. The zero-order chi connectivity index (χ0) is 16.9. The van der Waals surface area contributed by atoms with Gasteiger partial charge in [-0.05, 0) is 28.8 Å². The Morgan fingerprint density at radius 1 is 0.720 bits per heavy atom. The average molecular weight is 332 g/mol. The molecule has 0 amide bonds. The van der Waals surface area contributed by atoms with Crippen LogP contribution in [0, 0.1) is 0 Å². The summed E-state index contributed by atoms with van der Waals surface area (Å²) in [4.78, 5) is 0. The summed E-state index contributed by atoms with van der Waals surface area (Å²) < 4.78 is 17.4. The molecule has 0 bridgehead atoms. The zero-order valence-corrected chi connectivity index (χ0v) is 13.9. The lowest BCUT2D eigenvalue weighted by molar-refractivity contribution is 0.255. The van der Waals surface area contributed by atoms with Crippen LogP contribution in [-0.4, -0.2) is 6.61 Å². The molecule has 0 saturated carbocycles. The van der Waals surface area contributed by atoms with E-state index in [0.717, 1.165) is 34.8 Å². The van der Waals surface area contributed by atoms with Gasteiger partial charge in [0, 0.05) is 0 Å². The maximum absolute atomic E-state index is 6.05. The number of ether oxygens (including phenoxy) is 3. The molecule has 1 fully saturated rings. The molecule has 1 aliphatic rings. The van der Waals surface area contributed by atoms with E-state index in [4.69, 9.17) is 14.2 Å². The van der Waals surface area contributed by atoms with Crippen LogP contribution in [0.1, 0.15) is 22.8 Å². The third kappa shape index (κ3) is 4.20. The van der Waals surface area contributed by atoms with Crippen molar-refractivity contribution in [3.05, 3.63) is 95.6 Å². The third-order valence-corrected chi connectivity index (χ3v) is 4.15. The van der Waals surface area contributed by atoms with E-state index in [1.54, 1.807) is 0 Å². The molecule has 0 unspecified atom stereocenters. The van der Waals surface area contributed by atoms with Gasteiger partial charge >= 0.3 is 0 Å². The predicted octanol–water partition coefficient (Wildman–Crippen LogP) is 4.92. The normalized spacial score (nSPS) is 15.6. The molecular formula is C22H20O3. The van der Waals surface area contributed by atoms with Crippen molar-refractivity contribution in [3.8, 4) is 11.5 Å². The first-order valence-corrected chi connectivity index (χ1v) is 8.47. The lowest BCUT2D eigenvalue weighted by Gasteiger charge is -2.14. The summed E-state index contributed by atoms with van der Waals surface area (Å²) in [5.41, 5.74) is 3.39. The minimum absolute atomic E-state index is 0.197. The first-order chi connectivity index (χ1) is 12.4. The number of hydrogen-bond acceptors (Lipinski definition) is 3. The standard InChI is InChI=1S/C22H20O3/c1-3-7-17(8-4-1)14-23-20-12-11-19(22-16-25-22)13-21(20)24-15-18-9-5-2-6-10-18/h1-13,22H,14-16H2/t22-/m0/s1. The van der Waals surface area contributed by atoms with Gasteiger partial charge in [-0.1, -0.05) is 66.7 Å². The summed E-state index contributed by atoms with van der Waals surface area (Å²) in [6.45, 7) is 1.81. The minimum atomic E-state index is 0.197. The first-order valence-electron chi connectivity index (χ1n) is 8.47. The van der Waals surface area contributed by atoms with Gasteiger partial charge in [0.1, 0.15) is 19.3 Å². The van der Waals surface area contributed by atoms with Gasteiger partial charge in [-0.3, -0.25) is 0 Å². The minimum Gasteiger partial charge on any atom is -0.485 e. The predicted molar refractivity (Wildman–Crippen MR) is 96.7 cm³/mol. The maximum Gasteiger partial charge on any atom is 0.162 e. The Bertz CT molecular complexity index is 811. The summed E-state index contributed by atoms with van der Waals surface area (Å²) in [6.07, 6.45) is 0.197. The second-order valence-corrected chi connectivity index (χ2v) is 6.08. The first kappa shape index (κ1) is 15.7. The number of benzene rings is 3. The quantitative estimate of drug-likeness (QED) is 0.576. The summed E-state index contributed by atoms with van der Waals surface area (Å²) in [6, 6.07) is 26.3. The van der Waals surface area contributed by atoms with E-state index in [1.807, 2.05) is 54.6 Å². The van der Waals surface area contributed by atoms with Crippen molar-refractivity contribution >= 4 is 0 Å². The molecule has 126 valence electrons. The largest absolute Gasteiger partial charge is 0.485 e. The fourth-order valence-corrected chi connectivity index (χ4v) is 2.67. The average Bonchev–Trinajstić information content (AvgIpc) is 3.52. The molecule has 3 heteroatoms. The van der Waals surface area contributed by atoms with E-state index in [2.05, 4.69) is 24.3 Å². The van der Waals surface area contributed by atoms with Crippen molar-refractivity contribution in [1.82, 2.24) is 0 Å². The van der Waals surface area contributed by atoms with Gasteiger partial charge in [-0.25, -0.2) is 0 Å². The lowest BCUT2D eigenvalue weighted by Crippen LogP contribution is -2.01. The van der Waals surface area contributed by atoms with Gasteiger partial charge in [0.15, 0.2) is 11.5 Å². The van der Waals surface area contributed by atoms with Crippen LogP contribution >= 0.6 is 0 Å². The van der Waals surface area contributed by atoms with Gasteiger partial charge in [-0.2, -0.15) is 0 Å². The summed E-state index contributed by atoms with van der Waals surface area (Å²) in [5.74, 6) is 1.51. The molecule has 0 radical (unpaired) electrons. The Labute approximate surface area is 147 Å². The van der Waals surface area contributed by atoms with Gasteiger partial charge in [0.2, 0.25) is 0 Å². The maximum atomic E-state index is 6.05. The molecule has 0 aromatic heterocycles. The molecule has 1 aliphatic heterocycles. The van der Waals surface area contributed by atoms with Crippen molar-refractivity contribution in [2.75, 3.05) is 6.61 Å². The van der Waals surface area contributed by atoms with Crippen molar-refractivity contribution < 1.29 is 14.2 Å². The Morgan fingerprint density at radius 2 is 1.28 bits per heavy atom. The fourth-order valence-electron chi connectivity index (χ4n) is 2.67. The summed E-state index contributed by atoms with van der Waals surface area (Å²) in [5, 5.41) is 0. The summed E-state index contributed by atoms with van der Waals surface area (Å²) >= 11 is 0. The van der Waals surface area contributed by atoms with Crippen LogP contribution in [0.15, 0.2) is 78.9 Å². The molecule has 1 heterocycles. The van der Waals surface area contributed by atoms with E-state index in [9.17, 15) is 0 Å². The summed E-state index contributed by atoms with van der Waals surface area (Å²) in [7, 11) is 0. The highest BCUT2D eigenvalue weighted by Crippen LogP contribution is 2.37. The molecule has 1 saturated heterocycles. The molecule has 3 aromatic carbocycles. The van der Waals surface area contributed by atoms with Crippen LogP contribution in [0.5, 0.6) is 11.5 Å². The van der Waals surface area contributed by atoms with Crippen LogP contribution < -0.4 is 9.47 Å². The van der Waals surface area contributed by atoms with Crippen LogP contribution in [0.25, 0.3) is 0 Å². The Morgan fingerprint density at radius 3 is 1.84 bits per heavy atom. The van der Waals surface area contributed by atoms with Crippen LogP contribution in [0.4, 0.5) is 0 Å². The van der Waals surface area contributed by atoms with Crippen molar-refractivity contribution in [2.24, 2.45) is 0 Å². The van der Waals surface area contributed by atoms with Gasteiger partial charge in [0.25, 0.3) is 0 Å². The fraction of sp³-hybridized carbons (Fsp3) is 0.182. The van der Waals surface area contributed by atoms with E-state index in [0.29, 0.717) is 13.2 Å². The van der Waals surface area contributed by atoms with Crippen LogP contribution in [0.3, 0.4) is 0 Å². The topological polar surface area (TPSA) is 31.0 Å².